The van der Waals surface area contributed by atoms with Crippen LogP contribution in [0.5, 0.6) is 0 Å². The summed E-state index contributed by atoms with van der Waals surface area (Å²) in [5.74, 6) is 9.51. The first-order valence-corrected chi connectivity index (χ1v) is 10.9. The molecule has 3 aromatic carbocycles. The predicted octanol–water partition coefficient (Wildman–Crippen LogP) is 5.32. The second-order valence-electron chi connectivity index (χ2n) is 6.01. The lowest BCUT2D eigenvalue weighted by atomic mass is 10.2. The molecule has 0 aliphatic heterocycles. The van der Waals surface area contributed by atoms with Gasteiger partial charge in [-0.25, -0.2) is 4.79 Å². The molecule has 0 heterocycles. The quantitative estimate of drug-likeness (QED) is 0.252. The van der Waals surface area contributed by atoms with Crippen molar-refractivity contribution in [1.82, 2.24) is 0 Å². The molecule has 0 radical (unpaired) electrons. The third-order valence-corrected chi connectivity index (χ3v) is 5.89. The lowest BCUT2D eigenvalue weighted by Crippen LogP contribution is -1.91. The number of isocyanates is 1. The van der Waals surface area contributed by atoms with Gasteiger partial charge in [-0.05, 0) is 54.2 Å². The molecule has 0 bridgehead atoms. The normalized spacial score (nSPS) is 9.38. The number of benzene rings is 3. The van der Waals surface area contributed by atoms with E-state index in [4.69, 9.17) is 0 Å². The summed E-state index contributed by atoms with van der Waals surface area (Å²) in [5.41, 5.74) is 12.4. The van der Waals surface area contributed by atoms with E-state index in [-0.39, 0.29) is 6.29 Å². The van der Waals surface area contributed by atoms with Gasteiger partial charge in [-0.3, -0.25) is 0 Å². The largest absolute Gasteiger partial charge is 0.267 e. The molecule has 3 heteroatoms. The third kappa shape index (κ3) is 6.36. The zero-order valence-electron chi connectivity index (χ0n) is 15.7. The van der Waals surface area contributed by atoms with Crippen molar-refractivity contribution in [3.63, 3.8) is 0 Å². The van der Waals surface area contributed by atoms with Crippen LogP contribution in [0.4, 0.5) is 0 Å². The molecule has 0 spiro atoms. The second-order valence-corrected chi connectivity index (χ2v) is 8.58. The number of hydrogen-bond donors (Lipinski definition) is 0. The maximum absolute atomic E-state index is 10.9. The molecule has 0 amide bonds. The van der Waals surface area contributed by atoms with Crippen LogP contribution < -0.4 is 0 Å². The van der Waals surface area contributed by atoms with E-state index in [2.05, 4.69) is 39.7 Å². The molecular weight excluding hydrogens is 373 g/mol. The third-order valence-electron chi connectivity index (χ3n) is 3.84. The van der Waals surface area contributed by atoms with Gasteiger partial charge in [-0.2, -0.15) is 4.99 Å². The van der Waals surface area contributed by atoms with E-state index < -0.39 is 7.26 Å². The fourth-order valence-corrected chi connectivity index (χ4v) is 3.98. The van der Waals surface area contributed by atoms with Crippen LogP contribution in [0.2, 0.25) is 0 Å². The van der Waals surface area contributed by atoms with Crippen molar-refractivity contribution in [2.24, 2.45) is 4.99 Å². The Hall–Kier alpha value is -3.85. The van der Waals surface area contributed by atoms with Gasteiger partial charge in [0.2, 0.25) is 6.08 Å². The standard InChI is InChI=1S/C26H17NOP/c28-22-27-23-29(19-16-24-10-4-1-5-11-24,20-17-25-12-6-2-7-13-25)21-18-26-14-8-3-9-15-26/h1-15H,23H2/q+1. The highest BCUT2D eigenvalue weighted by atomic mass is 31.2. The van der Waals surface area contributed by atoms with E-state index in [0.717, 1.165) is 16.7 Å². The summed E-state index contributed by atoms with van der Waals surface area (Å²) >= 11 is 0. The fourth-order valence-electron chi connectivity index (χ4n) is 2.37. The molecule has 0 aliphatic rings. The van der Waals surface area contributed by atoms with Crippen LogP contribution in [0.3, 0.4) is 0 Å². The van der Waals surface area contributed by atoms with Crippen molar-refractivity contribution in [2.75, 3.05) is 6.29 Å². The van der Waals surface area contributed by atoms with Gasteiger partial charge in [0, 0.05) is 16.7 Å². The van der Waals surface area contributed by atoms with Crippen molar-refractivity contribution in [1.29, 1.82) is 0 Å². The topological polar surface area (TPSA) is 29.4 Å². The Balaban J connectivity index is 2.11. The van der Waals surface area contributed by atoms with Crippen molar-refractivity contribution in [2.45, 2.75) is 0 Å². The Labute approximate surface area is 172 Å². The van der Waals surface area contributed by atoms with Crippen molar-refractivity contribution >= 4 is 13.3 Å². The molecule has 0 unspecified atom stereocenters. The van der Waals surface area contributed by atoms with E-state index >= 15 is 0 Å². The maximum Gasteiger partial charge on any atom is 0.267 e. The van der Waals surface area contributed by atoms with Crippen molar-refractivity contribution in [3.05, 3.63) is 108 Å². The van der Waals surface area contributed by atoms with Crippen LogP contribution in [0.25, 0.3) is 0 Å². The Kier molecular flexibility index (Phi) is 7.19. The zero-order chi connectivity index (χ0) is 20.2. The van der Waals surface area contributed by atoms with Gasteiger partial charge in [0.1, 0.15) is 17.0 Å². The molecule has 2 nitrogen and oxygen atoms in total. The Morgan fingerprint density at radius 3 is 1.24 bits per heavy atom. The first kappa shape index (κ1) is 19.9. The molecule has 0 atom stereocenters. The molecule has 136 valence electrons. The molecule has 29 heavy (non-hydrogen) atoms. The SMILES string of the molecule is O=C=NC[P+](C#Cc1ccccc1)(C#Cc1ccccc1)C#Cc1ccccc1. The first-order valence-electron chi connectivity index (χ1n) is 8.96. The fraction of sp³-hybridized carbons (Fsp3) is 0.0385. The average Bonchev–Trinajstić information content (AvgIpc) is 2.80. The molecular formula is C26H17NOP+. The highest BCUT2D eigenvalue weighted by Gasteiger charge is 2.34. The van der Waals surface area contributed by atoms with Crippen LogP contribution in [-0.2, 0) is 4.79 Å². The first-order chi connectivity index (χ1) is 14.3. The van der Waals surface area contributed by atoms with E-state index in [1.54, 1.807) is 6.08 Å². The van der Waals surface area contributed by atoms with Gasteiger partial charge in [0.15, 0.2) is 6.29 Å². The van der Waals surface area contributed by atoms with Crippen molar-refractivity contribution < 1.29 is 4.79 Å². The highest BCUT2D eigenvalue weighted by Crippen LogP contribution is 2.56. The summed E-state index contributed by atoms with van der Waals surface area (Å²) in [7, 11) is -2.52. The summed E-state index contributed by atoms with van der Waals surface area (Å²) in [5, 5.41) is 0. The molecule has 0 fully saturated rings. The number of nitrogens with zero attached hydrogens (tertiary/aromatic N) is 1. The zero-order valence-corrected chi connectivity index (χ0v) is 16.6. The van der Waals surface area contributed by atoms with Gasteiger partial charge in [0.05, 0.1) is 0 Å². The van der Waals surface area contributed by atoms with E-state index in [1.165, 1.54) is 0 Å². The molecule has 0 saturated carbocycles. The molecule has 0 aromatic heterocycles. The monoisotopic (exact) mass is 390 g/mol. The lowest BCUT2D eigenvalue weighted by molar-refractivity contribution is 0.564. The van der Waals surface area contributed by atoms with Crippen LogP contribution in [0, 0.1) is 34.7 Å². The maximum atomic E-state index is 10.9. The Morgan fingerprint density at radius 2 is 0.931 bits per heavy atom. The van der Waals surface area contributed by atoms with Gasteiger partial charge >= 0.3 is 0 Å². The van der Waals surface area contributed by atoms with Gasteiger partial charge in [0.25, 0.3) is 7.26 Å². The molecule has 0 N–H and O–H groups in total. The van der Waals surface area contributed by atoms with E-state index in [0.29, 0.717) is 0 Å². The van der Waals surface area contributed by atoms with Crippen LogP contribution >= 0.6 is 7.26 Å². The summed E-state index contributed by atoms with van der Waals surface area (Å²) in [6, 6.07) is 29.0. The van der Waals surface area contributed by atoms with E-state index in [1.807, 2.05) is 91.0 Å². The highest BCUT2D eigenvalue weighted by molar-refractivity contribution is 7.89. The number of carbonyl (C=O) groups excluding carboxylic acids is 1. The minimum atomic E-state index is -2.52. The summed E-state index contributed by atoms with van der Waals surface area (Å²) < 4.78 is 0. The average molecular weight is 390 g/mol. The van der Waals surface area contributed by atoms with Gasteiger partial charge < -0.3 is 0 Å². The lowest BCUT2D eigenvalue weighted by Gasteiger charge is -2.01. The summed E-state index contributed by atoms with van der Waals surface area (Å²) in [4.78, 5) is 14.7. The Morgan fingerprint density at radius 1 is 0.586 bits per heavy atom. The smallest absolute Gasteiger partial charge is 0.211 e. The van der Waals surface area contributed by atoms with Crippen LogP contribution in [0.15, 0.2) is 96.0 Å². The summed E-state index contributed by atoms with van der Waals surface area (Å²) in [6.45, 7) is 0. The van der Waals surface area contributed by atoms with E-state index in [9.17, 15) is 4.79 Å². The minimum Gasteiger partial charge on any atom is -0.211 e. The van der Waals surface area contributed by atoms with Crippen LogP contribution in [0.1, 0.15) is 16.7 Å². The minimum absolute atomic E-state index is 0.135. The van der Waals surface area contributed by atoms with Gasteiger partial charge in [-0.1, -0.05) is 54.6 Å². The molecule has 3 rings (SSSR count). The van der Waals surface area contributed by atoms with Crippen LogP contribution in [-0.4, -0.2) is 12.4 Å². The molecule has 0 saturated heterocycles. The molecule has 3 aromatic rings. The second kappa shape index (κ2) is 10.5. The predicted molar refractivity (Wildman–Crippen MR) is 120 cm³/mol. The number of rotatable bonds is 2. The number of hydrogen-bond acceptors (Lipinski definition) is 2. The van der Waals surface area contributed by atoms with Gasteiger partial charge in [-0.15, -0.1) is 0 Å². The summed E-state index contributed by atoms with van der Waals surface area (Å²) in [6.07, 6.45) is 1.75. The number of aliphatic imine (C=N–C) groups is 1. The van der Waals surface area contributed by atoms with Crippen molar-refractivity contribution in [3.8, 4) is 34.7 Å². The molecule has 0 aliphatic carbocycles. The Bertz CT molecular complexity index is 1040.